The van der Waals surface area contributed by atoms with Gasteiger partial charge in [-0.25, -0.2) is 0 Å². The third kappa shape index (κ3) is 5.54. The molecule has 7 heteroatoms. The van der Waals surface area contributed by atoms with E-state index in [0.29, 0.717) is 29.4 Å². The Morgan fingerprint density at radius 3 is 2.29 bits per heavy atom. The maximum absolute atomic E-state index is 12.9. The second-order valence-corrected chi connectivity index (χ2v) is 9.44. The van der Waals surface area contributed by atoms with E-state index in [2.05, 4.69) is 29.0 Å². The summed E-state index contributed by atoms with van der Waals surface area (Å²) in [6.45, 7) is 11.9. The van der Waals surface area contributed by atoms with Crippen LogP contribution >= 0.6 is 24.8 Å². The summed E-state index contributed by atoms with van der Waals surface area (Å²) in [5.41, 5.74) is 0.378. The van der Waals surface area contributed by atoms with E-state index in [1.807, 2.05) is 0 Å². The third-order valence-electron chi connectivity index (χ3n) is 7.36. The van der Waals surface area contributed by atoms with E-state index < -0.39 is 0 Å². The highest BCUT2D eigenvalue weighted by Crippen LogP contribution is 2.59. The number of carbonyl (C=O) groups excluding carboxylic acids is 1. The molecule has 3 heterocycles. The minimum absolute atomic E-state index is 0. The minimum Gasteiger partial charge on any atom is -0.373 e. The number of piperidine rings is 2. The van der Waals surface area contributed by atoms with Gasteiger partial charge < -0.3 is 15.0 Å². The smallest absolute Gasteiger partial charge is 0.226 e. The maximum atomic E-state index is 12.9. The highest BCUT2D eigenvalue weighted by Gasteiger charge is 2.58. The Morgan fingerprint density at radius 1 is 1.07 bits per heavy atom. The molecule has 0 aromatic heterocycles. The zero-order valence-corrected chi connectivity index (χ0v) is 19.2. The maximum Gasteiger partial charge on any atom is 0.226 e. The molecule has 4 rings (SSSR count). The van der Waals surface area contributed by atoms with Gasteiger partial charge in [0.15, 0.2) is 0 Å². The Morgan fingerprint density at radius 2 is 1.68 bits per heavy atom. The van der Waals surface area contributed by atoms with Crippen LogP contribution in [0.4, 0.5) is 0 Å². The Balaban J connectivity index is 0.00000140. The summed E-state index contributed by atoms with van der Waals surface area (Å²) in [5, 5.41) is 3.43. The van der Waals surface area contributed by atoms with Crippen molar-refractivity contribution in [3.8, 4) is 0 Å². The van der Waals surface area contributed by atoms with Crippen LogP contribution < -0.4 is 5.32 Å². The lowest BCUT2D eigenvalue weighted by molar-refractivity contribution is -0.135. The van der Waals surface area contributed by atoms with Crippen molar-refractivity contribution in [2.45, 2.75) is 64.6 Å². The number of ether oxygens (including phenoxy) is 1. The van der Waals surface area contributed by atoms with Crippen LogP contribution in [0.2, 0.25) is 0 Å². The van der Waals surface area contributed by atoms with Gasteiger partial charge in [0.2, 0.25) is 5.91 Å². The Hall–Kier alpha value is -0.0700. The van der Waals surface area contributed by atoms with Gasteiger partial charge in [-0.3, -0.25) is 9.69 Å². The summed E-state index contributed by atoms with van der Waals surface area (Å²) >= 11 is 0. The zero-order valence-electron chi connectivity index (χ0n) is 17.5. The molecule has 1 N–H and O–H groups in total. The normalized spacial score (nSPS) is 33.1. The molecule has 3 aliphatic heterocycles. The molecule has 3 atom stereocenters. The van der Waals surface area contributed by atoms with Crippen LogP contribution in [0.1, 0.15) is 52.4 Å². The van der Waals surface area contributed by atoms with Gasteiger partial charge >= 0.3 is 0 Å². The number of amides is 1. The van der Waals surface area contributed by atoms with Gasteiger partial charge in [0, 0.05) is 32.1 Å². The van der Waals surface area contributed by atoms with Crippen molar-refractivity contribution in [3.63, 3.8) is 0 Å². The first-order valence-corrected chi connectivity index (χ1v) is 10.9. The van der Waals surface area contributed by atoms with Crippen LogP contribution in [0.5, 0.6) is 0 Å². The summed E-state index contributed by atoms with van der Waals surface area (Å²) in [4.78, 5) is 17.7. The topological polar surface area (TPSA) is 44.8 Å². The zero-order chi connectivity index (χ0) is 18.1. The van der Waals surface area contributed by atoms with E-state index in [9.17, 15) is 4.79 Å². The summed E-state index contributed by atoms with van der Waals surface area (Å²) in [6, 6.07) is 0. The molecule has 164 valence electrons. The van der Waals surface area contributed by atoms with E-state index in [1.165, 1.54) is 38.6 Å². The predicted molar refractivity (Wildman–Crippen MR) is 118 cm³/mol. The first-order valence-electron chi connectivity index (χ1n) is 10.9. The lowest BCUT2D eigenvalue weighted by atomic mass is 9.90. The molecule has 0 bridgehead atoms. The van der Waals surface area contributed by atoms with E-state index >= 15 is 0 Å². The highest BCUT2D eigenvalue weighted by atomic mass is 35.5. The number of halogens is 2. The van der Waals surface area contributed by atoms with Gasteiger partial charge in [-0.05, 0) is 83.3 Å². The van der Waals surface area contributed by atoms with Crippen LogP contribution in [0.15, 0.2) is 0 Å². The number of carbonyl (C=O) groups is 1. The largest absolute Gasteiger partial charge is 0.373 e. The molecule has 0 aromatic rings. The van der Waals surface area contributed by atoms with Crippen molar-refractivity contribution < 1.29 is 9.53 Å². The van der Waals surface area contributed by atoms with Gasteiger partial charge in [-0.15, -0.1) is 24.8 Å². The summed E-state index contributed by atoms with van der Waals surface area (Å²) in [5.74, 6) is 1.61. The monoisotopic (exact) mass is 435 g/mol. The van der Waals surface area contributed by atoms with Gasteiger partial charge in [-0.2, -0.15) is 0 Å². The lowest BCUT2D eigenvalue weighted by Crippen LogP contribution is -2.46. The molecule has 5 nitrogen and oxygen atoms in total. The molecule has 1 amide bonds. The SMILES string of the molecule is CC1CN(CCC2CCN(C(=O)C3CC34CCNCC4)CC2)CC(C)O1.Cl.Cl. The Kier molecular flexibility index (Phi) is 8.90. The molecule has 1 spiro atoms. The summed E-state index contributed by atoms with van der Waals surface area (Å²) < 4.78 is 5.83. The highest BCUT2D eigenvalue weighted by molar-refractivity contribution is 5.85. The fourth-order valence-electron chi connectivity index (χ4n) is 5.67. The van der Waals surface area contributed by atoms with Crippen molar-refractivity contribution in [1.29, 1.82) is 0 Å². The minimum atomic E-state index is 0. The second kappa shape index (κ2) is 10.3. The van der Waals surface area contributed by atoms with Crippen LogP contribution in [-0.2, 0) is 9.53 Å². The second-order valence-electron chi connectivity index (χ2n) is 9.44. The molecule has 1 aliphatic carbocycles. The van der Waals surface area contributed by atoms with E-state index in [1.54, 1.807) is 0 Å². The molecule has 3 saturated heterocycles. The van der Waals surface area contributed by atoms with Crippen molar-refractivity contribution in [2.24, 2.45) is 17.3 Å². The molecule has 1 saturated carbocycles. The Labute approximate surface area is 183 Å². The molecule has 4 fully saturated rings. The number of hydrogen-bond acceptors (Lipinski definition) is 4. The standard InChI is InChI=1S/C21H37N3O2.2ClH/c1-16-14-23(15-17(2)26-16)10-3-18-4-11-24(12-5-18)20(25)19-13-21(19)6-8-22-9-7-21;;/h16-19,22H,3-15H2,1-2H3;2*1H. The first-order chi connectivity index (χ1) is 12.6. The van der Waals surface area contributed by atoms with Gasteiger partial charge in [0.1, 0.15) is 0 Å². The van der Waals surface area contributed by atoms with Crippen molar-refractivity contribution in [3.05, 3.63) is 0 Å². The molecule has 0 aromatic carbocycles. The number of morpholine rings is 1. The fourth-order valence-corrected chi connectivity index (χ4v) is 5.67. The van der Waals surface area contributed by atoms with Crippen LogP contribution in [0, 0.1) is 17.3 Å². The van der Waals surface area contributed by atoms with E-state index in [4.69, 9.17) is 4.74 Å². The molecule has 28 heavy (non-hydrogen) atoms. The number of nitrogens with one attached hydrogen (secondary N) is 1. The van der Waals surface area contributed by atoms with Gasteiger partial charge in [0.25, 0.3) is 0 Å². The number of hydrogen-bond donors (Lipinski definition) is 1. The van der Waals surface area contributed by atoms with Crippen LogP contribution in [0.25, 0.3) is 0 Å². The average molecular weight is 436 g/mol. The molecule has 3 unspecified atom stereocenters. The molecular formula is C21H39Cl2N3O2. The van der Waals surface area contributed by atoms with Crippen molar-refractivity contribution in [2.75, 3.05) is 45.8 Å². The Bertz CT molecular complexity index is 498. The van der Waals surface area contributed by atoms with Gasteiger partial charge in [0.05, 0.1) is 12.2 Å². The van der Waals surface area contributed by atoms with Gasteiger partial charge in [-0.1, -0.05) is 0 Å². The predicted octanol–water partition coefficient (Wildman–Crippen LogP) is 2.96. The third-order valence-corrected chi connectivity index (χ3v) is 7.36. The number of rotatable bonds is 4. The summed E-state index contributed by atoms with van der Waals surface area (Å²) in [7, 11) is 0. The van der Waals surface area contributed by atoms with Crippen LogP contribution in [0.3, 0.4) is 0 Å². The van der Waals surface area contributed by atoms with E-state index in [-0.39, 0.29) is 24.8 Å². The van der Waals surface area contributed by atoms with E-state index in [0.717, 1.165) is 51.6 Å². The summed E-state index contributed by atoms with van der Waals surface area (Å²) in [6.07, 6.45) is 7.96. The lowest BCUT2D eigenvalue weighted by Gasteiger charge is -2.37. The first kappa shape index (κ1) is 24.2. The number of nitrogens with zero attached hydrogens (tertiary/aromatic N) is 2. The quantitative estimate of drug-likeness (QED) is 0.736. The van der Waals surface area contributed by atoms with Crippen molar-refractivity contribution in [1.82, 2.24) is 15.1 Å². The molecular weight excluding hydrogens is 397 g/mol. The van der Waals surface area contributed by atoms with Crippen LogP contribution in [-0.4, -0.2) is 73.7 Å². The molecule has 4 aliphatic rings. The number of likely N-dealkylation sites (tertiary alicyclic amines) is 1. The average Bonchev–Trinajstić information content (AvgIpc) is 3.32. The van der Waals surface area contributed by atoms with Crippen molar-refractivity contribution >= 4 is 30.7 Å². The fraction of sp³-hybridized carbons (Fsp3) is 0.952. The molecule has 0 radical (unpaired) electrons.